The number of hydrogen-bond acceptors (Lipinski definition) is 3. The van der Waals surface area contributed by atoms with Crippen molar-refractivity contribution in [1.82, 2.24) is 15.5 Å². The van der Waals surface area contributed by atoms with E-state index in [-0.39, 0.29) is 42.5 Å². The van der Waals surface area contributed by atoms with E-state index in [0.29, 0.717) is 11.6 Å². The van der Waals surface area contributed by atoms with Gasteiger partial charge in [0.05, 0.1) is 12.6 Å². The Kier molecular flexibility index (Phi) is 10.3. The SMILES string of the molecule is C#Cc1cccc(NC(=O)CNC(=NC)NCC(c2ccccc2)N2CCCC2)c1.I. The number of aliphatic imine (C=N–C) groups is 1. The minimum Gasteiger partial charge on any atom is -0.354 e. The van der Waals surface area contributed by atoms with E-state index in [2.05, 4.69) is 56.0 Å². The number of rotatable bonds is 7. The van der Waals surface area contributed by atoms with Crippen LogP contribution in [0.3, 0.4) is 0 Å². The zero-order chi connectivity index (χ0) is 21.2. The van der Waals surface area contributed by atoms with E-state index >= 15 is 0 Å². The molecular weight excluding hydrogens is 501 g/mol. The first-order chi connectivity index (χ1) is 14.7. The highest BCUT2D eigenvalue weighted by molar-refractivity contribution is 14.0. The number of halogens is 1. The summed E-state index contributed by atoms with van der Waals surface area (Å²) in [6, 6.07) is 18.0. The molecule has 0 saturated carbocycles. The van der Waals surface area contributed by atoms with E-state index in [1.54, 1.807) is 13.1 Å². The van der Waals surface area contributed by atoms with Gasteiger partial charge in [0, 0.05) is 24.8 Å². The van der Waals surface area contributed by atoms with Gasteiger partial charge >= 0.3 is 0 Å². The van der Waals surface area contributed by atoms with Gasteiger partial charge < -0.3 is 16.0 Å². The Morgan fingerprint density at radius 3 is 2.55 bits per heavy atom. The molecule has 3 N–H and O–H groups in total. The van der Waals surface area contributed by atoms with Gasteiger partial charge in [-0.1, -0.05) is 42.3 Å². The number of carbonyl (C=O) groups excluding carboxylic acids is 1. The van der Waals surface area contributed by atoms with E-state index in [0.717, 1.165) is 25.2 Å². The molecular formula is C24H30IN5O. The summed E-state index contributed by atoms with van der Waals surface area (Å²) in [5, 5.41) is 9.30. The van der Waals surface area contributed by atoms with Crippen LogP contribution in [0.2, 0.25) is 0 Å². The molecule has 0 aromatic heterocycles. The lowest BCUT2D eigenvalue weighted by Gasteiger charge is -2.28. The molecule has 1 fully saturated rings. The first-order valence-electron chi connectivity index (χ1n) is 10.3. The third-order valence-corrected chi connectivity index (χ3v) is 5.18. The lowest BCUT2D eigenvalue weighted by Crippen LogP contribution is -2.44. The third-order valence-electron chi connectivity index (χ3n) is 5.18. The maximum Gasteiger partial charge on any atom is 0.243 e. The molecule has 6 nitrogen and oxygen atoms in total. The highest BCUT2D eigenvalue weighted by Gasteiger charge is 2.23. The van der Waals surface area contributed by atoms with Crippen LogP contribution in [-0.2, 0) is 4.79 Å². The predicted octanol–water partition coefficient (Wildman–Crippen LogP) is 3.23. The molecule has 0 aliphatic carbocycles. The van der Waals surface area contributed by atoms with Gasteiger partial charge in [-0.2, -0.15) is 0 Å². The van der Waals surface area contributed by atoms with E-state index in [1.165, 1.54) is 18.4 Å². The molecule has 1 aliphatic heterocycles. The fourth-order valence-corrected chi connectivity index (χ4v) is 3.66. The molecule has 0 bridgehead atoms. The lowest BCUT2D eigenvalue weighted by atomic mass is 10.1. The van der Waals surface area contributed by atoms with Gasteiger partial charge in [0.25, 0.3) is 0 Å². The van der Waals surface area contributed by atoms with Crippen LogP contribution < -0.4 is 16.0 Å². The Labute approximate surface area is 201 Å². The van der Waals surface area contributed by atoms with Crippen molar-refractivity contribution in [3.05, 3.63) is 65.7 Å². The summed E-state index contributed by atoms with van der Waals surface area (Å²) < 4.78 is 0. The highest BCUT2D eigenvalue weighted by atomic mass is 127. The second-order valence-electron chi connectivity index (χ2n) is 7.25. The number of likely N-dealkylation sites (tertiary alicyclic amines) is 1. The summed E-state index contributed by atoms with van der Waals surface area (Å²) in [5.41, 5.74) is 2.69. The Morgan fingerprint density at radius 1 is 1.13 bits per heavy atom. The first-order valence-corrected chi connectivity index (χ1v) is 10.3. The minimum atomic E-state index is -0.161. The van der Waals surface area contributed by atoms with Crippen LogP contribution in [0.5, 0.6) is 0 Å². The summed E-state index contributed by atoms with van der Waals surface area (Å²) >= 11 is 0. The Balaban J connectivity index is 0.00000341. The maximum absolute atomic E-state index is 12.3. The molecule has 1 heterocycles. The summed E-state index contributed by atoms with van der Waals surface area (Å²) in [6.07, 6.45) is 7.88. The standard InChI is InChI=1S/C24H29N5O.HI/c1-3-19-10-9-13-21(16-19)28-23(30)18-27-24(25-2)26-17-22(29-14-7-8-15-29)20-11-5-4-6-12-20;/h1,4-6,9-13,16,22H,7-8,14-15,17-18H2,2H3,(H,28,30)(H2,25,26,27);1H. The molecule has 3 rings (SSSR count). The smallest absolute Gasteiger partial charge is 0.243 e. The van der Waals surface area contributed by atoms with Gasteiger partial charge in [0.1, 0.15) is 0 Å². The maximum atomic E-state index is 12.3. The second kappa shape index (κ2) is 13.0. The molecule has 2 aromatic carbocycles. The van der Waals surface area contributed by atoms with Gasteiger partial charge in [-0.25, -0.2) is 0 Å². The summed E-state index contributed by atoms with van der Waals surface area (Å²) in [5.74, 6) is 3.00. The van der Waals surface area contributed by atoms with Gasteiger partial charge in [-0.15, -0.1) is 30.4 Å². The summed E-state index contributed by atoms with van der Waals surface area (Å²) in [7, 11) is 1.71. The molecule has 0 spiro atoms. The van der Waals surface area contributed by atoms with Crippen LogP contribution in [0, 0.1) is 12.3 Å². The van der Waals surface area contributed by atoms with E-state index < -0.39 is 0 Å². The van der Waals surface area contributed by atoms with Crippen molar-refractivity contribution < 1.29 is 4.79 Å². The Bertz CT molecular complexity index is 904. The number of nitrogens with one attached hydrogen (secondary N) is 3. The van der Waals surface area contributed by atoms with Crippen molar-refractivity contribution in [2.75, 3.05) is 38.5 Å². The third kappa shape index (κ3) is 7.56. The molecule has 1 atom stereocenters. The number of hydrogen-bond donors (Lipinski definition) is 3. The van der Waals surface area contributed by atoms with Crippen molar-refractivity contribution in [3.63, 3.8) is 0 Å². The molecule has 164 valence electrons. The zero-order valence-electron chi connectivity index (χ0n) is 17.8. The van der Waals surface area contributed by atoms with Crippen LogP contribution in [0.1, 0.15) is 30.0 Å². The average molecular weight is 531 g/mol. The Hall–Kier alpha value is -2.57. The first kappa shape index (κ1) is 24.7. The largest absolute Gasteiger partial charge is 0.354 e. The number of carbonyl (C=O) groups is 1. The number of nitrogens with zero attached hydrogens (tertiary/aromatic N) is 2. The highest BCUT2D eigenvalue weighted by Crippen LogP contribution is 2.24. The van der Waals surface area contributed by atoms with Crippen molar-refractivity contribution in [2.45, 2.75) is 18.9 Å². The quantitative estimate of drug-likeness (QED) is 0.222. The number of anilines is 1. The molecule has 7 heteroatoms. The molecule has 1 amide bonds. The van der Waals surface area contributed by atoms with Crippen LogP contribution in [0.15, 0.2) is 59.6 Å². The number of terminal acetylenes is 1. The Morgan fingerprint density at radius 2 is 1.87 bits per heavy atom. The molecule has 0 radical (unpaired) electrons. The van der Waals surface area contributed by atoms with Gasteiger partial charge in [-0.05, 0) is 49.7 Å². The fraction of sp³-hybridized carbons (Fsp3) is 0.333. The van der Waals surface area contributed by atoms with E-state index in [1.807, 2.05) is 24.3 Å². The van der Waals surface area contributed by atoms with Crippen molar-refractivity contribution >= 4 is 41.5 Å². The zero-order valence-corrected chi connectivity index (χ0v) is 20.1. The topological polar surface area (TPSA) is 68.8 Å². The van der Waals surface area contributed by atoms with E-state index in [4.69, 9.17) is 6.42 Å². The number of amides is 1. The van der Waals surface area contributed by atoms with Crippen molar-refractivity contribution in [3.8, 4) is 12.3 Å². The minimum absolute atomic E-state index is 0. The average Bonchev–Trinajstić information content (AvgIpc) is 3.31. The molecule has 2 aromatic rings. The molecule has 31 heavy (non-hydrogen) atoms. The number of benzene rings is 2. The van der Waals surface area contributed by atoms with Crippen LogP contribution in [-0.4, -0.2) is 50.0 Å². The molecule has 1 aliphatic rings. The molecule has 1 saturated heterocycles. The number of guanidine groups is 1. The normalized spacial score (nSPS) is 14.8. The lowest BCUT2D eigenvalue weighted by molar-refractivity contribution is -0.115. The van der Waals surface area contributed by atoms with Crippen LogP contribution in [0.4, 0.5) is 5.69 Å². The second-order valence-corrected chi connectivity index (χ2v) is 7.25. The van der Waals surface area contributed by atoms with Gasteiger partial charge in [0.2, 0.25) is 5.91 Å². The van der Waals surface area contributed by atoms with E-state index in [9.17, 15) is 4.79 Å². The van der Waals surface area contributed by atoms with Crippen molar-refractivity contribution in [1.29, 1.82) is 0 Å². The predicted molar refractivity (Wildman–Crippen MR) is 138 cm³/mol. The summed E-state index contributed by atoms with van der Waals surface area (Å²) in [4.78, 5) is 19.0. The van der Waals surface area contributed by atoms with Gasteiger partial charge in [0.15, 0.2) is 5.96 Å². The van der Waals surface area contributed by atoms with Crippen LogP contribution in [0.25, 0.3) is 0 Å². The monoisotopic (exact) mass is 531 g/mol. The van der Waals surface area contributed by atoms with Crippen LogP contribution >= 0.6 is 24.0 Å². The van der Waals surface area contributed by atoms with Crippen molar-refractivity contribution in [2.24, 2.45) is 4.99 Å². The van der Waals surface area contributed by atoms with Gasteiger partial charge in [-0.3, -0.25) is 14.7 Å². The molecule has 1 unspecified atom stereocenters. The summed E-state index contributed by atoms with van der Waals surface area (Å²) in [6.45, 7) is 3.04. The fourth-order valence-electron chi connectivity index (χ4n) is 3.66.